The second-order valence-corrected chi connectivity index (χ2v) is 9.85. The van der Waals surface area contributed by atoms with E-state index < -0.39 is 29.8 Å². The number of fused-ring (bicyclic) bond motifs is 1. The van der Waals surface area contributed by atoms with E-state index >= 15 is 0 Å². The van der Waals surface area contributed by atoms with E-state index in [4.69, 9.17) is 0 Å². The van der Waals surface area contributed by atoms with E-state index in [0.29, 0.717) is 23.4 Å². The van der Waals surface area contributed by atoms with Gasteiger partial charge in [-0.05, 0) is 29.4 Å². The topological polar surface area (TPSA) is 64.6 Å². The van der Waals surface area contributed by atoms with Crippen LogP contribution in [-0.2, 0) is 16.9 Å². The smallest absolute Gasteiger partial charge is 0.257 e. The predicted octanol–water partition coefficient (Wildman–Crippen LogP) is 3.10. The van der Waals surface area contributed by atoms with E-state index in [1.807, 2.05) is 6.07 Å². The lowest BCUT2D eigenvalue weighted by Crippen LogP contribution is -2.51. The minimum atomic E-state index is -2.84. The zero-order valence-electron chi connectivity index (χ0n) is 18.6. The van der Waals surface area contributed by atoms with Crippen molar-refractivity contribution in [3.05, 3.63) is 71.8 Å². The Morgan fingerprint density at radius 2 is 1.70 bits per heavy atom. The SMILES string of the molecule is O=C(NCNC1C2CN(Cc3ccccc3)CC21)[C@](O)(c1ccccc1)C1CCC(F)(F)C1. The van der Waals surface area contributed by atoms with E-state index in [1.54, 1.807) is 30.3 Å². The average Bonchev–Trinajstić information content (AvgIpc) is 3.11. The summed E-state index contributed by atoms with van der Waals surface area (Å²) >= 11 is 0. The van der Waals surface area contributed by atoms with Crippen molar-refractivity contribution in [1.82, 2.24) is 15.5 Å². The Balaban J connectivity index is 1.14. The van der Waals surface area contributed by atoms with Crippen LogP contribution in [0.4, 0.5) is 8.78 Å². The lowest BCUT2D eigenvalue weighted by atomic mass is 9.79. The molecule has 176 valence electrons. The molecular formula is C26H31F2N3O2. The zero-order chi connectivity index (χ0) is 23.1. The summed E-state index contributed by atoms with van der Waals surface area (Å²) in [5.74, 6) is -3.15. The number of rotatable bonds is 8. The van der Waals surface area contributed by atoms with Crippen molar-refractivity contribution in [1.29, 1.82) is 0 Å². The van der Waals surface area contributed by atoms with Crippen LogP contribution in [0.2, 0.25) is 0 Å². The van der Waals surface area contributed by atoms with E-state index in [-0.39, 0.29) is 19.5 Å². The fourth-order valence-electron chi connectivity index (χ4n) is 5.82. The highest BCUT2D eigenvalue weighted by Gasteiger charge is 2.56. The van der Waals surface area contributed by atoms with Gasteiger partial charge in [0.25, 0.3) is 5.91 Å². The molecule has 7 heteroatoms. The molecule has 3 N–H and O–H groups in total. The number of nitrogens with zero attached hydrogens (tertiary/aromatic N) is 1. The van der Waals surface area contributed by atoms with E-state index in [1.165, 1.54) is 5.56 Å². The van der Waals surface area contributed by atoms with Gasteiger partial charge in [-0.1, -0.05) is 60.7 Å². The summed E-state index contributed by atoms with van der Waals surface area (Å²) in [5, 5.41) is 17.6. The number of amides is 1. The predicted molar refractivity (Wildman–Crippen MR) is 121 cm³/mol. The van der Waals surface area contributed by atoms with Crippen LogP contribution >= 0.6 is 0 Å². The summed E-state index contributed by atoms with van der Waals surface area (Å²) in [5.41, 5.74) is -0.285. The van der Waals surface area contributed by atoms with Crippen molar-refractivity contribution in [2.75, 3.05) is 19.8 Å². The van der Waals surface area contributed by atoms with Crippen LogP contribution in [0.25, 0.3) is 0 Å². The number of benzene rings is 2. The highest BCUT2D eigenvalue weighted by atomic mass is 19.3. The number of nitrogens with one attached hydrogen (secondary N) is 2. The average molecular weight is 456 g/mol. The summed E-state index contributed by atoms with van der Waals surface area (Å²) < 4.78 is 27.8. The Morgan fingerprint density at radius 1 is 1.06 bits per heavy atom. The molecule has 2 aliphatic carbocycles. The lowest BCUT2D eigenvalue weighted by molar-refractivity contribution is -0.148. The first-order valence-corrected chi connectivity index (χ1v) is 11.8. The molecular weight excluding hydrogens is 424 g/mol. The maximum atomic E-state index is 13.9. The molecule has 1 aliphatic heterocycles. The quantitative estimate of drug-likeness (QED) is 0.536. The minimum absolute atomic E-state index is 0.114. The number of halogens is 2. The largest absolute Gasteiger partial charge is 0.375 e. The third-order valence-electron chi connectivity index (χ3n) is 7.66. The number of likely N-dealkylation sites (tertiary alicyclic amines) is 1. The van der Waals surface area contributed by atoms with E-state index in [9.17, 15) is 18.7 Å². The summed E-state index contributed by atoms with van der Waals surface area (Å²) in [6.07, 6.45) is -0.671. The Morgan fingerprint density at radius 3 is 2.30 bits per heavy atom. The van der Waals surface area contributed by atoms with Gasteiger partial charge >= 0.3 is 0 Å². The Kier molecular flexibility index (Phi) is 5.97. The number of alkyl halides is 2. The number of aliphatic hydroxyl groups is 1. The molecule has 1 heterocycles. The van der Waals surface area contributed by atoms with Gasteiger partial charge in [0.2, 0.25) is 5.92 Å². The number of carbonyl (C=O) groups excluding carboxylic acids is 1. The lowest BCUT2D eigenvalue weighted by Gasteiger charge is -2.33. The van der Waals surface area contributed by atoms with Crippen molar-refractivity contribution in [2.45, 2.75) is 43.4 Å². The van der Waals surface area contributed by atoms with Crippen LogP contribution in [0.1, 0.15) is 30.4 Å². The first-order valence-electron chi connectivity index (χ1n) is 11.8. The molecule has 1 saturated heterocycles. The van der Waals surface area contributed by atoms with Gasteiger partial charge < -0.3 is 10.4 Å². The molecule has 2 aromatic rings. The summed E-state index contributed by atoms with van der Waals surface area (Å²) in [6, 6.07) is 19.2. The van der Waals surface area contributed by atoms with Crippen molar-refractivity contribution >= 4 is 5.91 Å². The van der Waals surface area contributed by atoms with Gasteiger partial charge in [0.1, 0.15) is 0 Å². The highest BCUT2D eigenvalue weighted by Crippen LogP contribution is 2.48. The number of carbonyl (C=O) groups is 1. The molecule has 3 fully saturated rings. The maximum absolute atomic E-state index is 13.9. The van der Waals surface area contributed by atoms with Crippen molar-refractivity contribution in [3.63, 3.8) is 0 Å². The maximum Gasteiger partial charge on any atom is 0.257 e. The third kappa shape index (κ3) is 4.54. The third-order valence-corrected chi connectivity index (χ3v) is 7.66. The van der Waals surface area contributed by atoms with Gasteiger partial charge in [0.05, 0.1) is 6.67 Å². The molecule has 3 aliphatic rings. The van der Waals surface area contributed by atoms with Crippen molar-refractivity contribution in [3.8, 4) is 0 Å². The van der Waals surface area contributed by atoms with Gasteiger partial charge in [0, 0.05) is 44.4 Å². The fraction of sp³-hybridized carbons (Fsp3) is 0.500. The van der Waals surface area contributed by atoms with E-state index in [2.05, 4.69) is 39.8 Å². The van der Waals surface area contributed by atoms with Crippen molar-refractivity contribution in [2.24, 2.45) is 17.8 Å². The Bertz CT molecular complexity index is 962. The molecule has 0 aromatic heterocycles. The van der Waals surface area contributed by atoms with Crippen LogP contribution in [-0.4, -0.2) is 47.6 Å². The van der Waals surface area contributed by atoms with Gasteiger partial charge in [-0.25, -0.2) is 8.78 Å². The first-order chi connectivity index (χ1) is 15.9. The van der Waals surface area contributed by atoms with Gasteiger partial charge in [-0.3, -0.25) is 15.0 Å². The molecule has 5 rings (SSSR count). The van der Waals surface area contributed by atoms with Crippen LogP contribution in [0, 0.1) is 17.8 Å². The van der Waals surface area contributed by atoms with Crippen LogP contribution < -0.4 is 10.6 Å². The van der Waals surface area contributed by atoms with Crippen LogP contribution in [0.15, 0.2) is 60.7 Å². The second kappa shape index (κ2) is 8.78. The number of hydrogen-bond acceptors (Lipinski definition) is 4. The van der Waals surface area contributed by atoms with Gasteiger partial charge in [-0.2, -0.15) is 0 Å². The molecule has 1 amide bonds. The van der Waals surface area contributed by atoms with Crippen LogP contribution in [0.3, 0.4) is 0 Å². The Labute approximate surface area is 193 Å². The normalized spacial score (nSPS) is 29.9. The molecule has 0 radical (unpaired) electrons. The van der Waals surface area contributed by atoms with Gasteiger partial charge in [0.15, 0.2) is 5.60 Å². The minimum Gasteiger partial charge on any atom is -0.375 e. The summed E-state index contributed by atoms with van der Waals surface area (Å²) in [6.45, 7) is 3.22. The van der Waals surface area contributed by atoms with Crippen LogP contribution in [0.5, 0.6) is 0 Å². The van der Waals surface area contributed by atoms with E-state index in [0.717, 1.165) is 19.6 Å². The summed E-state index contributed by atoms with van der Waals surface area (Å²) in [4.78, 5) is 15.6. The van der Waals surface area contributed by atoms with Gasteiger partial charge in [-0.15, -0.1) is 0 Å². The molecule has 3 unspecified atom stereocenters. The second-order valence-electron chi connectivity index (χ2n) is 9.85. The van der Waals surface area contributed by atoms with Crippen molar-refractivity contribution < 1.29 is 18.7 Å². The molecule has 0 spiro atoms. The molecule has 33 heavy (non-hydrogen) atoms. The monoisotopic (exact) mass is 455 g/mol. The summed E-state index contributed by atoms with van der Waals surface area (Å²) in [7, 11) is 0. The Hall–Kier alpha value is -2.35. The molecule has 2 aromatic carbocycles. The number of hydrogen-bond donors (Lipinski definition) is 3. The fourth-order valence-corrected chi connectivity index (χ4v) is 5.82. The molecule has 4 atom stereocenters. The number of piperidine rings is 1. The standard InChI is InChI=1S/C26H31F2N3O2/c27-25(28)12-11-20(13-25)26(33,19-9-5-2-6-10-19)24(32)30-17-29-23-21-15-31(16-22(21)23)14-18-7-3-1-4-8-18/h1-10,20-23,29,33H,11-17H2,(H,30,32)/t20?,21?,22?,23?,26-/m0/s1. The zero-order valence-corrected chi connectivity index (χ0v) is 18.6. The first kappa shape index (κ1) is 22.4. The molecule has 5 nitrogen and oxygen atoms in total. The molecule has 2 saturated carbocycles. The molecule has 0 bridgehead atoms. The highest BCUT2D eigenvalue weighted by molar-refractivity contribution is 5.86.